The normalized spacial score (nSPS) is 9.73. The van der Waals surface area contributed by atoms with E-state index >= 15 is 0 Å². The van der Waals surface area contributed by atoms with Gasteiger partial charge in [0.25, 0.3) is 0 Å². The quantitative estimate of drug-likeness (QED) is 0.831. The van der Waals surface area contributed by atoms with Crippen LogP contribution in [-0.4, -0.2) is 16.1 Å². The Morgan fingerprint density at radius 3 is 2.41 bits per heavy atom. The van der Waals surface area contributed by atoms with Gasteiger partial charge in [-0.3, -0.25) is 0 Å². The van der Waals surface area contributed by atoms with Crippen molar-refractivity contribution < 1.29 is 9.90 Å². The number of thioether (sulfide) groups is 1. The van der Waals surface area contributed by atoms with Crippen LogP contribution < -0.4 is 5.73 Å². The third kappa shape index (κ3) is 3.35. The molecular weight excluding hydrogens is 300 g/mol. The lowest BCUT2D eigenvalue weighted by atomic mass is 10.1. The number of aromatic carboxylic acids is 1. The zero-order chi connectivity index (χ0) is 16.1. The molecule has 22 heavy (non-hydrogen) atoms. The van der Waals surface area contributed by atoms with Gasteiger partial charge in [0.2, 0.25) is 0 Å². The van der Waals surface area contributed by atoms with Crippen molar-refractivity contribution in [3.05, 3.63) is 52.6 Å². The van der Waals surface area contributed by atoms with Crippen molar-refractivity contribution in [2.75, 3.05) is 5.73 Å². The number of benzene rings is 1. The predicted octanol–water partition coefficient (Wildman–Crippen LogP) is 2.40. The second kappa shape index (κ2) is 6.61. The van der Waals surface area contributed by atoms with Crippen molar-refractivity contribution in [2.45, 2.75) is 10.8 Å². The van der Waals surface area contributed by atoms with E-state index in [1.165, 1.54) is 30.0 Å². The molecule has 0 unspecified atom stereocenters. The number of rotatable bonds is 4. The topological polar surface area (TPSA) is 124 Å². The molecule has 0 radical (unpaired) electrons. The summed E-state index contributed by atoms with van der Waals surface area (Å²) in [5.74, 6) is -0.384. The van der Waals surface area contributed by atoms with E-state index in [9.17, 15) is 4.79 Å². The Labute approximate surface area is 130 Å². The van der Waals surface area contributed by atoms with Crippen molar-refractivity contribution in [3.63, 3.8) is 0 Å². The minimum absolute atomic E-state index is 0.0882. The average molecular weight is 310 g/mol. The van der Waals surface area contributed by atoms with Gasteiger partial charge in [0, 0.05) is 5.75 Å². The van der Waals surface area contributed by atoms with Gasteiger partial charge in [-0.1, -0.05) is 12.1 Å². The van der Waals surface area contributed by atoms with Gasteiger partial charge in [-0.15, -0.1) is 11.8 Å². The lowest BCUT2D eigenvalue weighted by Crippen LogP contribution is -1.99. The Hall–Kier alpha value is -3.03. The summed E-state index contributed by atoms with van der Waals surface area (Å²) in [5.41, 5.74) is 7.23. The highest BCUT2D eigenvalue weighted by atomic mass is 32.2. The SMILES string of the molecule is N#Cc1cc(C#N)c(SCc2ccc(C(=O)O)cc2)nc1N. The van der Waals surface area contributed by atoms with Crippen LogP contribution in [0.1, 0.15) is 27.0 Å². The summed E-state index contributed by atoms with van der Waals surface area (Å²) in [7, 11) is 0. The standard InChI is InChI=1S/C15H10N4O2S/c16-6-11-5-12(7-17)14(19-13(11)18)22-8-9-1-3-10(4-2-9)15(20)21/h1-5H,8H2,(H2,18,19)(H,20,21). The van der Waals surface area contributed by atoms with E-state index in [0.717, 1.165) is 5.56 Å². The van der Waals surface area contributed by atoms with Gasteiger partial charge in [-0.05, 0) is 23.8 Å². The zero-order valence-electron chi connectivity index (χ0n) is 11.3. The Kier molecular flexibility index (Phi) is 4.62. The van der Waals surface area contributed by atoms with Crippen molar-refractivity contribution in [1.29, 1.82) is 10.5 Å². The molecule has 0 aliphatic rings. The molecule has 7 heteroatoms. The number of anilines is 1. The van der Waals surface area contributed by atoms with Crippen LogP contribution in [0.3, 0.4) is 0 Å². The number of carbonyl (C=O) groups is 1. The fraction of sp³-hybridized carbons (Fsp3) is 0.0667. The number of nitrogens with two attached hydrogens (primary N) is 1. The molecule has 0 fully saturated rings. The predicted molar refractivity (Wildman–Crippen MR) is 81.0 cm³/mol. The Morgan fingerprint density at radius 1 is 1.23 bits per heavy atom. The third-order valence-corrected chi connectivity index (χ3v) is 3.90. The van der Waals surface area contributed by atoms with E-state index in [1.54, 1.807) is 12.1 Å². The van der Waals surface area contributed by atoms with Crippen LogP contribution >= 0.6 is 11.8 Å². The number of aromatic nitrogens is 1. The molecule has 1 aromatic carbocycles. The van der Waals surface area contributed by atoms with Crippen LogP contribution in [0.2, 0.25) is 0 Å². The number of carboxylic acids is 1. The largest absolute Gasteiger partial charge is 0.478 e. The number of hydrogen-bond donors (Lipinski definition) is 2. The van der Waals surface area contributed by atoms with Gasteiger partial charge in [-0.25, -0.2) is 9.78 Å². The minimum Gasteiger partial charge on any atom is -0.478 e. The highest BCUT2D eigenvalue weighted by Gasteiger charge is 2.11. The Balaban J connectivity index is 2.18. The highest BCUT2D eigenvalue weighted by Crippen LogP contribution is 2.26. The molecule has 0 atom stereocenters. The number of nitriles is 2. The monoisotopic (exact) mass is 310 g/mol. The lowest BCUT2D eigenvalue weighted by molar-refractivity contribution is 0.0697. The summed E-state index contributed by atoms with van der Waals surface area (Å²) < 4.78 is 0. The molecule has 1 aromatic heterocycles. The average Bonchev–Trinajstić information content (AvgIpc) is 2.53. The summed E-state index contributed by atoms with van der Waals surface area (Å²) in [5, 5.41) is 27.3. The fourth-order valence-electron chi connectivity index (χ4n) is 1.68. The molecule has 2 rings (SSSR count). The molecule has 0 aliphatic heterocycles. The number of pyridine rings is 1. The van der Waals surface area contributed by atoms with Crippen LogP contribution in [0, 0.1) is 22.7 Å². The van der Waals surface area contributed by atoms with Crippen LogP contribution in [0.15, 0.2) is 35.4 Å². The number of hydrogen-bond acceptors (Lipinski definition) is 6. The summed E-state index contributed by atoms with van der Waals surface area (Å²) in [4.78, 5) is 14.9. The first-order valence-electron chi connectivity index (χ1n) is 6.11. The first-order valence-corrected chi connectivity index (χ1v) is 7.09. The molecule has 0 bridgehead atoms. The molecule has 108 valence electrons. The van der Waals surface area contributed by atoms with Crippen molar-refractivity contribution in [2.24, 2.45) is 0 Å². The number of nitrogen functional groups attached to an aromatic ring is 1. The van der Waals surface area contributed by atoms with Crippen LogP contribution in [-0.2, 0) is 5.75 Å². The number of nitrogens with zero attached hydrogens (tertiary/aromatic N) is 3. The maximum absolute atomic E-state index is 10.8. The molecule has 0 spiro atoms. The van der Waals surface area contributed by atoms with Crippen molar-refractivity contribution >= 4 is 23.5 Å². The molecule has 2 aromatic rings. The molecule has 0 saturated carbocycles. The van der Waals surface area contributed by atoms with E-state index in [4.69, 9.17) is 21.4 Å². The second-order valence-corrected chi connectivity index (χ2v) is 5.25. The molecule has 1 heterocycles. The number of carboxylic acid groups (broad SMARTS) is 1. The maximum Gasteiger partial charge on any atom is 0.335 e. The van der Waals surface area contributed by atoms with Crippen LogP contribution in [0.25, 0.3) is 0 Å². The summed E-state index contributed by atoms with van der Waals surface area (Å²) in [6.07, 6.45) is 0. The van der Waals surface area contributed by atoms with Gasteiger partial charge in [0.1, 0.15) is 23.0 Å². The van der Waals surface area contributed by atoms with Crippen molar-refractivity contribution in [3.8, 4) is 12.1 Å². The van der Waals surface area contributed by atoms with Gasteiger partial charge in [0.05, 0.1) is 16.7 Å². The Morgan fingerprint density at radius 2 is 1.86 bits per heavy atom. The van der Waals surface area contributed by atoms with E-state index in [-0.39, 0.29) is 22.5 Å². The van der Waals surface area contributed by atoms with E-state index in [2.05, 4.69) is 4.98 Å². The van der Waals surface area contributed by atoms with Gasteiger partial charge < -0.3 is 10.8 Å². The second-order valence-electron chi connectivity index (χ2n) is 4.29. The molecule has 6 nitrogen and oxygen atoms in total. The van der Waals surface area contributed by atoms with E-state index < -0.39 is 5.97 Å². The van der Waals surface area contributed by atoms with Gasteiger partial charge in [0.15, 0.2) is 0 Å². The molecule has 0 aliphatic carbocycles. The first kappa shape index (κ1) is 15.4. The summed E-state index contributed by atoms with van der Waals surface area (Å²) in [6.45, 7) is 0. The van der Waals surface area contributed by atoms with Gasteiger partial charge in [-0.2, -0.15) is 10.5 Å². The first-order chi connectivity index (χ1) is 10.5. The van der Waals surface area contributed by atoms with Crippen LogP contribution in [0.4, 0.5) is 5.82 Å². The van der Waals surface area contributed by atoms with Crippen molar-refractivity contribution in [1.82, 2.24) is 4.98 Å². The maximum atomic E-state index is 10.8. The van der Waals surface area contributed by atoms with Crippen LogP contribution in [0.5, 0.6) is 0 Å². The van der Waals surface area contributed by atoms with E-state index in [1.807, 2.05) is 12.1 Å². The van der Waals surface area contributed by atoms with E-state index in [0.29, 0.717) is 10.8 Å². The highest BCUT2D eigenvalue weighted by molar-refractivity contribution is 7.98. The molecule has 0 saturated heterocycles. The zero-order valence-corrected chi connectivity index (χ0v) is 12.1. The third-order valence-electron chi connectivity index (χ3n) is 2.83. The lowest BCUT2D eigenvalue weighted by Gasteiger charge is -2.06. The minimum atomic E-state index is -0.979. The molecule has 3 N–H and O–H groups in total. The Bertz CT molecular complexity index is 804. The van der Waals surface area contributed by atoms with Gasteiger partial charge >= 0.3 is 5.97 Å². The molecular formula is C15H10N4O2S. The smallest absolute Gasteiger partial charge is 0.335 e. The summed E-state index contributed by atoms with van der Waals surface area (Å²) >= 11 is 1.30. The summed E-state index contributed by atoms with van der Waals surface area (Å²) in [6, 6.07) is 11.7. The molecule has 0 amide bonds. The fourth-order valence-corrected chi connectivity index (χ4v) is 2.60.